The fourth-order valence-corrected chi connectivity index (χ4v) is 4.59. The quantitative estimate of drug-likeness (QED) is 0.391. The van der Waals surface area contributed by atoms with Crippen molar-refractivity contribution in [3.63, 3.8) is 0 Å². The molecule has 32 heavy (non-hydrogen) atoms. The van der Waals surface area contributed by atoms with E-state index in [2.05, 4.69) is 43.9 Å². The van der Waals surface area contributed by atoms with E-state index in [9.17, 15) is 4.79 Å². The molecule has 2 heterocycles. The summed E-state index contributed by atoms with van der Waals surface area (Å²) in [7, 11) is -1.16. The van der Waals surface area contributed by atoms with Gasteiger partial charge in [-0.2, -0.15) is 5.10 Å². The summed E-state index contributed by atoms with van der Waals surface area (Å²) in [5.74, 6) is -0.446. The van der Waals surface area contributed by atoms with Crippen molar-refractivity contribution >= 4 is 30.5 Å². The molecule has 7 heteroatoms. The number of carbonyl (C=O) groups excluding carboxylic acids is 1. The molecule has 4 rings (SSSR count). The highest BCUT2D eigenvalue weighted by molar-refractivity contribution is 6.76. The first kappa shape index (κ1) is 22.5. The summed E-state index contributed by atoms with van der Waals surface area (Å²) in [5, 5.41) is 5.92. The van der Waals surface area contributed by atoms with Crippen LogP contribution < -0.4 is 5.73 Å². The zero-order chi connectivity index (χ0) is 22.7. The smallest absolute Gasteiger partial charge is 0.248 e. The Morgan fingerprint density at radius 3 is 2.75 bits per heavy atom. The number of aromatic nitrogens is 2. The molecular weight excluding hydrogens is 418 g/mol. The van der Waals surface area contributed by atoms with Gasteiger partial charge in [-0.05, 0) is 47.9 Å². The Hall–Kier alpha value is -2.74. The number of amides is 1. The summed E-state index contributed by atoms with van der Waals surface area (Å²) < 4.78 is 13.4. The average Bonchev–Trinajstić information content (AvgIpc) is 3.14. The minimum absolute atomic E-state index is 0.395. The summed E-state index contributed by atoms with van der Waals surface area (Å²) in [4.78, 5) is 11.7. The number of rotatable bonds is 8. The summed E-state index contributed by atoms with van der Waals surface area (Å²) in [5.41, 5.74) is 11.1. The van der Waals surface area contributed by atoms with Gasteiger partial charge in [-0.25, -0.2) is 4.68 Å². The maximum atomic E-state index is 11.7. The monoisotopic (exact) mass is 449 g/mol. The lowest BCUT2D eigenvalue weighted by molar-refractivity contribution is 0.0818. The van der Waals surface area contributed by atoms with E-state index in [1.807, 2.05) is 16.8 Å². The second-order valence-corrected chi connectivity index (χ2v) is 15.0. The van der Waals surface area contributed by atoms with Gasteiger partial charge in [0.1, 0.15) is 12.4 Å². The van der Waals surface area contributed by atoms with Gasteiger partial charge in [-0.1, -0.05) is 43.9 Å². The Morgan fingerprint density at radius 1 is 1.19 bits per heavy atom. The van der Waals surface area contributed by atoms with E-state index in [0.29, 0.717) is 18.9 Å². The van der Waals surface area contributed by atoms with Gasteiger partial charge < -0.3 is 15.2 Å². The molecule has 0 fully saturated rings. The molecule has 0 unspecified atom stereocenters. The first-order valence-electron chi connectivity index (χ1n) is 11.1. The molecule has 0 saturated heterocycles. The van der Waals surface area contributed by atoms with Crippen LogP contribution in [0.2, 0.25) is 25.7 Å². The Kier molecular flexibility index (Phi) is 6.60. The molecule has 1 amide bonds. The summed E-state index contributed by atoms with van der Waals surface area (Å²) in [6, 6.07) is 14.9. The number of carbonyl (C=O) groups is 1. The predicted molar refractivity (Wildman–Crippen MR) is 131 cm³/mol. The van der Waals surface area contributed by atoms with Gasteiger partial charge >= 0.3 is 0 Å². The highest BCUT2D eigenvalue weighted by atomic mass is 28.3. The van der Waals surface area contributed by atoms with Crippen LogP contribution >= 0.6 is 0 Å². The SMILES string of the molecule is C[Si](C)(C)CCOCn1nc(-c2cccc(C(N)=O)c2)c2cc(C3=CCOCC3)ccc21. The molecule has 2 N–H and O–H groups in total. The Balaban J connectivity index is 1.73. The molecule has 3 aromatic rings. The number of fused-ring (bicyclic) bond motifs is 1. The maximum absolute atomic E-state index is 11.7. The van der Waals surface area contributed by atoms with Crippen LogP contribution in [-0.4, -0.2) is 43.6 Å². The van der Waals surface area contributed by atoms with Crippen LogP contribution in [0, 0.1) is 0 Å². The predicted octanol–water partition coefficient (Wildman–Crippen LogP) is 4.92. The molecule has 0 spiro atoms. The molecule has 168 valence electrons. The lowest BCUT2D eigenvalue weighted by atomic mass is 9.98. The summed E-state index contributed by atoms with van der Waals surface area (Å²) >= 11 is 0. The second kappa shape index (κ2) is 9.40. The van der Waals surface area contributed by atoms with Crippen LogP contribution in [0.15, 0.2) is 48.5 Å². The number of benzene rings is 2. The van der Waals surface area contributed by atoms with Gasteiger partial charge in [0.2, 0.25) is 5.91 Å². The minimum atomic E-state index is -1.16. The number of nitrogens with two attached hydrogens (primary N) is 1. The highest BCUT2D eigenvalue weighted by Gasteiger charge is 2.17. The fourth-order valence-electron chi connectivity index (χ4n) is 3.83. The molecule has 1 aliphatic rings. The number of hydrogen-bond donors (Lipinski definition) is 1. The number of ether oxygens (including phenoxy) is 2. The Morgan fingerprint density at radius 2 is 2.03 bits per heavy atom. The lowest BCUT2D eigenvalue weighted by Crippen LogP contribution is -2.22. The van der Waals surface area contributed by atoms with Crippen LogP contribution in [0.1, 0.15) is 22.3 Å². The van der Waals surface area contributed by atoms with Crippen molar-refractivity contribution in [1.29, 1.82) is 0 Å². The van der Waals surface area contributed by atoms with E-state index in [1.165, 1.54) is 11.1 Å². The first-order chi connectivity index (χ1) is 15.3. The van der Waals surface area contributed by atoms with Crippen LogP contribution in [0.25, 0.3) is 27.7 Å². The second-order valence-electron chi connectivity index (χ2n) is 9.43. The van der Waals surface area contributed by atoms with Gasteiger partial charge in [-0.3, -0.25) is 4.79 Å². The molecule has 0 aliphatic carbocycles. The highest BCUT2D eigenvalue weighted by Crippen LogP contribution is 2.32. The van der Waals surface area contributed by atoms with E-state index in [4.69, 9.17) is 20.3 Å². The topological polar surface area (TPSA) is 79.4 Å². The zero-order valence-electron chi connectivity index (χ0n) is 19.1. The molecule has 1 aromatic heterocycles. The zero-order valence-corrected chi connectivity index (χ0v) is 20.1. The molecule has 0 radical (unpaired) electrons. The molecule has 0 bridgehead atoms. The largest absolute Gasteiger partial charge is 0.377 e. The van der Waals surface area contributed by atoms with E-state index < -0.39 is 14.0 Å². The molecule has 0 saturated carbocycles. The van der Waals surface area contributed by atoms with Crippen molar-refractivity contribution in [2.75, 3.05) is 19.8 Å². The third-order valence-electron chi connectivity index (χ3n) is 5.72. The number of hydrogen-bond acceptors (Lipinski definition) is 4. The van der Waals surface area contributed by atoms with Crippen LogP contribution in [0.5, 0.6) is 0 Å². The minimum Gasteiger partial charge on any atom is -0.377 e. The van der Waals surface area contributed by atoms with Crippen LogP contribution in [-0.2, 0) is 16.2 Å². The molecule has 6 nitrogen and oxygen atoms in total. The third-order valence-corrected chi connectivity index (χ3v) is 7.42. The summed E-state index contributed by atoms with van der Waals surface area (Å²) in [6.07, 6.45) is 3.04. The van der Waals surface area contributed by atoms with Crippen molar-refractivity contribution in [1.82, 2.24) is 9.78 Å². The van der Waals surface area contributed by atoms with Crippen molar-refractivity contribution < 1.29 is 14.3 Å². The molecular formula is C25H31N3O3Si. The van der Waals surface area contributed by atoms with E-state index >= 15 is 0 Å². The number of nitrogens with zero attached hydrogens (tertiary/aromatic N) is 2. The first-order valence-corrected chi connectivity index (χ1v) is 14.8. The van der Waals surface area contributed by atoms with Crippen LogP contribution in [0.3, 0.4) is 0 Å². The Labute approximate surface area is 190 Å². The Bertz CT molecular complexity index is 1160. The lowest BCUT2D eigenvalue weighted by Gasteiger charge is -2.15. The molecule has 2 aromatic carbocycles. The van der Waals surface area contributed by atoms with Gasteiger partial charge in [0.15, 0.2) is 0 Å². The number of primary amides is 1. The van der Waals surface area contributed by atoms with Crippen LogP contribution in [0.4, 0.5) is 0 Å². The third kappa shape index (κ3) is 5.18. The van der Waals surface area contributed by atoms with E-state index in [0.717, 1.165) is 47.8 Å². The molecule has 0 atom stereocenters. The average molecular weight is 450 g/mol. The standard InChI is InChI=1S/C25H31N3O3Si/c1-32(2,3)14-13-31-17-28-23-8-7-19(18-9-11-30-12-10-18)16-22(23)24(27-28)20-5-4-6-21(15-20)25(26)29/h4-9,15-16H,10-14,17H2,1-3H3,(H2,26,29). The summed E-state index contributed by atoms with van der Waals surface area (Å²) in [6.45, 7) is 9.54. The van der Waals surface area contributed by atoms with Crippen molar-refractivity contribution in [3.05, 3.63) is 59.7 Å². The fraction of sp³-hybridized carbons (Fsp3) is 0.360. The van der Waals surface area contributed by atoms with Crippen molar-refractivity contribution in [2.24, 2.45) is 5.73 Å². The van der Waals surface area contributed by atoms with Gasteiger partial charge in [0.25, 0.3) is 0 Å². The van der Waals surface area contributed by atoms with E-state index in [1.54, 1.807) is 12.1 Å². The maximum Gasteiger partial charge on any atom is 0.248 e. The normalized spacial score (nSPS) is 14.5. The van der Waals surface area contributed by atoms with Gasteiger partial charge in [-0.15, -0.1) is 0 Å². The van der Waals surface area contributed by atoms with Gasteiger partial charge in [0, 0.05) is 31.2 Å². The molecule has 1 aliphatic heterocycles. The van der Waals surface area contributed by atoms with Crippen molar-refractivity contribution in [3.8, 4) is 11.3 Å². The van der Waals surface area contributed by atoms with E-state index in [-0.39, 0.29) is 0 Å². The van der Waals surface area contributed by atoms with Gasteiger partial charge in [0.05, 0.1) is 18.7 Å². The van der Waals surface area contributed by atoms with Crippen molar-refractivity contribution in [2.45, 2.75) is 38.8 Å².